The van der Waals surface area contributed by atoms with Crippen molar-refractivity contribution in [2.24, 2.45) is 0 Å². The third-order valence-corrected chi connectivity index (χ3v) is 5.55. The van der Waals surface area contributed by atoms with E-state index in [4.69, 9.17) is 4.74 Å². The highest BCUT2D eigenvalue weighted by Gasteiger charge is 2.17. The number of ether oxygens (including phenoxy) is 1. The minimum atomic E-state index is -3.47. The molecule has 0 aliphatic carbocycles. The molecule has 31 heavy (non-hydrogen) atoms. The van der Waals surface area contributed by atoms with Gasteiger partial charge in [0, 0.05) is 32.0 Å². The van der Waals surface area contributed by atoms with Crippen LogP contribution in [0.1, 0.15) is 17.1 Å². The highest BCUT2D eigenvalue weighted by atomic mass is 32.2. The van der Waals surface area contributed by atoms with E-state index in [0.29, 0.717) is 41.3 Å². The lowest BCUT2D eigenvalue weighted by atomic mass is 10.1. The van der Waals surface area contributed by atoms with Gasteiger partial charge >= 0.3 is 0 Å². The van der Waals surface area contributed by atoms with Crippen LogP contribution in [0.3, 0.4) is 0 Å². The van der Waals surface area contributed by atoms with Crippen LogP contribution in [0.4, 0.5) is 28.8 Å². The van der Waals surface area contributed by atoms with Gasteiger partial charge in [-0.3, -0.25) is 4.31 Å². The van der Waals surface area contributed by atoms with Gasteiger partial charge in [-0.2, -0.15) is 0 Å². The molecule has 0 aliphatic heterocycles. The molecule has 0 aliphatic rings. The predicted octanol–water partition coefficient (Wildman–Crippen LogP) is 2.91. The normalized spacial score (nSPS) is 11.3. The van der Waals surface area contributed by atoms with Gasteiger partial charge in [0.05, 0.1) is 24.2 Å². The van der Waals surface area contributed by atoms with E-state index in [1.807, 2.05) is 26.0 Å². The van der Waals surface area contributed by atoms with E-state index < -0.39 is 10.0 Å². The standard InChI is InChI=1S/C20H25N7O3S/c1-13-8-20(24-14(2)23-13)26-19-10-18(21-12-22-19)25-16-7-6-15(11-30-4)9-17(16)27(3)31(5,28)29/h6-10,12H,11H2,1-5H3,(H2,21,22,23,24,25,26). The van der Waals surface area contributed by atoms with Crippen LogP contribution in [0.2, 0.25) is 0 Å². The maximum atomic E-state index is 12.1. The topological polar surface area (TPSA) is 122 Å². The van der Waals surface area contributed by atoms with Gasteiger partial charge in [-0.05, 0) is 31.5 Å². The van der Waals surface area contributed by atoms with Crippen LogP contribution in [0.15, 0.2) is 36.7 Å². The third-order valence-electron chi connectivity index (χ3n) is 4.36. The van der Waals surface area contributed by atoms with Crippen LogP contribution < -0.4 is 14.9 Å². The number of benzene rings is 1. The summed E-state index contributed by atoms with van der Waals surface area (Å²) in [5.74, 6) is 2.29. The molecule has 0 bridgehead atoms. The molecule has 0 atom stereocenters. The highest BCUT2D eigenvalue weighted by molar-refractivity contribution is 7.92. The second-order valence-electron chi connectivity index (χ2n) is 7.00. The molecule has 10 nitrogen and oxygen atoms in total. The molecule has 2 aromatic heterocycles. The molecule has 164 valence electrons. The van der Waals surface area contributed by atoms with Gasteiger partial charge in [0.25, 0.3) is 0 Å². The SMILES string of the molecule is COCc1ccc(Nc2cc(Nc3cc(C)nc(C)n3)ncn2)c(N(C)S(C)(=O)=O)c1. The Labute approximate surface area is 181 Å². The number of sulfonamides is 1. The predicted molar refractivity (Wildman–Crippen MR) is 121 cm³/mol. The minimum absolute atomic E-state index is 0.365. The average molecular weight is 444 g/mol. The van der Waals surface area contributed by atoms with E-state index in [1.165, 1.54) is 17.7 Å². The van der Waals surface area contributed by atoms with Crippen molar-refractivity contribution in [2.75, 3.05) is 35.4 Å². The number of nitrogens with zero attached hydrogens (tertiary/aromatic N) is 5. The van der Waals surface area contributed by atoms with Crippen LogP contribution in [-0.2, 0) is 21.4 Å². The summed E-state index contributed by atoms with van der Waals surface area (Å²) in [4.78, 5) is 17.1. The van der Waals surface area contributed by atoms with Crippen molar-refractivity contribution in [3.63, 3.8) is 0 Å². The van der Waals surface area contributed by atoms with E-state index in [-0.39, 0.29) is 0 Å². The fourth-order valence-corrected chi connectivity index (χ4v) is 3.43. The number of rotatable bonds is 8. The fraction of sp³-hybridized carbons (Fsp3) is 0.300. The summed E-state index contributed by atoms with van der Waals surface area (Å²) in [5, 5.41) is 6.31. The molecule has 3 rings (SSSR count). The lowest BCUT2D eigenvalue weighted by molar-refractivity contribution is 0.185. The van der Waals surface area contributed by atoms with Gasteiger partial charge in [0.2, 0.25) is 10.0 Å². The molecule has 0 fully saturated rings. The quantitative estimate of drug-likeness (QED) is 0.541. The number of aryl methyl sites for hydroxylation is 2. The number of methoxy groups -OCH3 is 1. The van der Waals surface area contributed by atoms with Gasteiger partial charge in [-0.15, -0.1) is 0 Å². The molecule has 0 amide bonds. The van der Waals surface area contributed by atoms with Crippen molar-refractivity contribution in [3.05, 3.63) is 53.7 Å². The molecule has 0 unspecified atom stereocenters. The van der Waals surface area contributed by atoms with Crippen LogP contribution >= 0.6 is 0 Å². The largest absolute Gasteiger partial charge is 0.380 e. The van der Waals surface area contributed by atoms with E-state index in [2.05, 4.69) is 30.6 Å². The number of hydrogen-bond acceptors (Lipinski definition) is 9. The number of aromatic nitrogens is 4. The molecule has 0 spiro atoms. The van der Waals surface area contributed by atoms with Crippen molar-refractivity contribution >= 4 is 38.9 Å². The second-order valence-corrected chi connectivity index (χ2v) is 9.01. The van der Waals surface area contributed by atoms with Crippen molar-refractivity contribution in [3.8, 4) is 0 Å². The first kappa shape index (κ1) is 22.4. The summed E-state index contributed by atoms with van der Waals surface area (Å²) in [6, 6.07) is 8.94. The van der Waals surface area contributed by atoms with Crippen LogP contribution in [0.5, 0.6) is 0 Å². The van der Waals surface area contributed by atoms with Gasteiger partial charge in [0.1, 0.15) is 29.6 Å². The van der Waals surface area contributed by atoms with Gasteiger partial charge in [-0.1, -0.05) is 6.07 Å². The van der Waals surface area contributed by atoms with E-state index >= 15 is 0 Å². The molecule has 2 heterocycles. The molecular formula is C20H25N7O3S. The van der Waals surface area contributed by atoms with Crippen LogP contribution in [-0.4, -0.2) is 48.8 Å². The smallest absolute Gasteiger partial charge is 0.232 e. The lowest BCUT2D eigenvalue weighted by Crippen LogP contribution is -2.25. The van der Waals surface area contributed by atoms with Crippen LogP contribution in [0, 0.1) is 13.8 Å². The Kier molecular flexibility index (Phi) is 6.66. The first-order chi connectivity index (χ1) is 14.7. The molecule has 11 heteroatoms. The summed E-state index contributed by atoms with van der Waals surface area (Å²) >= 11 is 0. The maximum absolute atomic E-state index is 12.1. The van der Waals surface area contributed by atoms with E-state index in [9.17, 15) is 8.42 Å². The first-order valence-electron chi connectivity index (χ1n) is 9.40. The lowest BCUT2D eigenvalue weighted by Gasteiger charge is -2.22. The summed E-state index contributed by atoms with van der Waals surface area (Å²) in [5.41, 5.74) is 2.74. The molecule has 0 saturated heterocycles. The Morgan fingerprint density at radius 3 is 2.35 bits per heavy atom. The number of nitrogens with one attached hydrogen (secondary N) is 2. The van der Waals surface area contributed by atoms with E-state index in [0.717, 1.165) is 17.5 Å². The fourth-order valence-electron chi connectivity index (χ4n) is 2.92. The Bertz CT molecular complexity index is 1160. The zero-order valence-corrected chi connectivity index (χ0v) is 18.9. The van der Waals surface area contributed by atoms with Crippen LogP contribution in [0.25, 0.3) is 0 Å². The molecule has 3 aromatic rings. The summed E-state index contributed by atoms with van der Waals surface area (Å²) in [7, 11) is -0.382. The van der Waals surface area contributed by atoms with Crippen molar-refractivity contribution < 1.29 is 13.2 Å². The van der Waals surface area contributed by atoms with Crippen molar-refractivity contribution in [1.82, 2.24) is 19.9 Å². The van der Waals surface area contributed by atoms with Crippen molar-refractivity contribution in [2.45, 2.75) is 20.5 Å². The third kappa shape index (κ3) is 5.86. The van der Waals surface area contributed by atoms with Gasteiger partial charge in [0.15, 0.2) is 0 Å². The first-order valence-corrected chi connectivity index (χ1v) is 11.2. The van der Waals surface area contributed by atoms with Gasteiger partial charge in [-0.25, -0.2) is 28.4 Å². The maximum Gasteiger partial charge on any atom is 0.232 e. The number of anilines is 5. The summed E-state index contributed by atoms with van der Waals surface area (Å²) < 4.78 is 30.7. The number of hydrogen-bond donors (Lipinski definition) is 2. The summed E-state index contributed by atoms with van der Waals surface area (Å²) in [6.45, 7) is 4.07. The summed E-state index contributed by atoms with van der Waals surface area (Å²) in [6.07, 6.45) is 2.56. The molecule has 1 aromatic carbocycles. The zero-order valence-electron chi connectivity index (χ0n) is 18.0. The van der Waals surface area contributed by atoms with Crippen molar-refractivity contribution in [1.29, 1.82) is 0 Å². The Hall–Kier alpha value is -3.31. The molecular weight excluding hydrogens is 418 g/mol. The molecule has 0 radical (unpaired) electrons. The monoisotopic (exact) mass is 443 g/mol. The Morgan fingerprint density at radius 1 is 1.00 bits per heavy atom. The second kappa shape index (κ2) is 9.23. The van der Waals surface area contributed by atoms with Gasteiger partial charge < -0.3 is 15.4 Å². The highest BCUT2D eigenvalue weighted by Crippen LogP contribution is 2.31. The molecule has 0 saturated carbocycles. The van der Waals surface area contributed by atoms with E-state index in [1.54, 1.807) is 25.3 Å². The Morgan fingerprint density at radius 2 is 1.71 bits per heavy atom. The Balaban J connectivity index is 1.90. The average Bonchev–Trinajstić information content (AvgIpc) is 2.67. The molecule has 2 N–H and O–H groups in total. The minimum Gasteiger partial charge on any atom is -0.380 e. The zero-order chi connectivity index (χ0) is 22.6.